The number of carbonyl (C=O) groups is 1. The molecule has 0 aliphatic heterocycles. The lowest BCUT2D eigenvalue weighted by atomic mass is 10.1. The Morgan fingerprint density at radius 2 is 1.82 bits per heavy atom. The van der Waals surface area contributed by atoms with Crippen molar-refractivity contribution in [3.05, 3.63) is 29.3 Å². The highest BCUT2D eigenvalue weighted by Crippen LogP contribution is 2.17. The highest BCUT2D eigenvalue weighted by molar-refractivity contribution is 5.95. The maximum Gasteiger partial charge on any atom is 0.254 e. The minimum atomic E-state index is -0.259. The quantitative estimate of drug-likeness (QED) is 0.682. The summed E-state index contributed by atoms with van der Waals surface area (Å²) in [5, 5.41) is 27.0. The van der Waals surface area contributed by atoms with Crippen LogP contribution in [0.15, 0.2) is 18.2 Å². The molecule has 0 aliphatic carbocycles. The van der Waals surface area contributed by atoms with Crippen LogP contribution in [0.3, 0.4) is 0 Å². The minimum absolute atomic E-state index is 0.106. The van der Waals surface area contributed by atoms with Crippen molar-refractivity contribution in [2.45, 2.75) is 6.92 Å². The Hall–Kier alpha value is -1.59. The number of hydrogen-bond donors (Lipinski definition) is 3. The Kier molecular flexibility index (Phi) is 4.93. The average molecular weight is 239 g/mol. The van der Waals surface area contributed by atoms with Gasteiger partial charge in [0.25, 0.3) is 5.91 Å². The molecule has 5 nitrogen and oxygen atoms in total. The molecule has 0 atom stereocenters. The van der Waals surface area contributed by atoms with Crippen LogP contribution in [0.2, 0.25) is 0 Å². The van der Waals surface area contributed by atoms with E-state index in [4.69, 9.17) is 10.2 Å². The lowest BCUT2D eigenvalue weighted by Crippen LogP contribution is -2.36. The van der Waals surface area contributed by atoms with Gasteiger partial charge in [0.2, 0.25) is 0 Å². The molecule has 3 N–H and O–H groups in total. The first-order valence-corrected chi connectivity index (χ1v) is 5.40. The van der Waals surface area contributed by atoms with E-state index in [0.29, 0.717) is 11.1 Å². The lowest BCUT2D eigenvalue weighted by Gasteiger charge is -2.21. The van der Waals surface area contributed by atoms with Crippen molar-refractivity contribution in [1.29, 1.82) is 0 Å². The maximum atomic E-state index is 12.1. The Morgan fingerprint density at radius 1 is 1.24 bits per heavy atom. The molecule has 17 heavy (non-hydrogen) atoms. The van der Waals surface area contributed by atoms with Crippen molar-refractivity contribution < 1.29 is 20.1 Å². The zero-order chi connectivity index (χ0) is 12.8. The van der Waals surface area contributed by atoms with Crippen LogP contribution in [0.1, 0.15) is 15.9 Å². The van der Waals surface area contributed by atoms with Gasteiger partial charge < -0.3 is 20.2 Å². The number of rotatable bonds is 5. The van der Waals surface area contributed by atoms with E-state index in [1.807, 2.05) is 0 Å². The van der Waals surface area contributed by atoms with Crippen LogP contribution in [0.5, 0.6) is 5.75 Å². The van der Waals surface area contributed by atoms with Crippen LogP contribution < -0.4 is 0 Å². The predicted octanol–water partition coefficient (Wildman–Crippen LogP) is 0.127. The Balaban J connectivity index is 2.92. The van der Waals surface area contributed by atoms with Crippen LogP contribution in [-0.2, 0) is 0 Å². The maximum absolute atomic E-state index is 12.1. The van der Waals surface area contributed by atoms with Gasteiger partial charge in [0.1, 0.15) is 5.75 Å². The summed E-state index contributed by atoms with van der Waals surface area (Å²) in [5.41, 5.74) is 1.13. The van der Waals surface area contributed by atoms with Gasteiger partial charge >= 0.3 is 0 Å². The molecule has 0 aliphatic rings. The molecule has 0 spiro atoms. The van der Waals surface area contributed by atoms with Gasteiger partial charge in [-0.3, -0.25) is 4.79 Å². The van der Waals surface area contributed by atoms with E-state index in [0.717, 1.165) is 0 Å². The molecule has 0 heterocycles. The zero-order valence-electron chi connectivity index (χ0n) is 9.76. The number of nitrogens with zero attached hydrogens (tertiary/aromatic N) is 1. The number of benzene rings is 1. The van der Waals surface area contributed by atoms with Crippen molar-refractivity contribution in [1.82, 2.24) is 4.90 Å². The first-order valence-electron chi connectivity index (χ1n) is 5.40. The SMILES string of the molecule is Cc1cc(O)ccc1C(=O)N(CCO)CCO. The zero-order valence-corrected chi connectivity index (χ0v) is 9.76. The second-order valence-electron chi connectivity index (χ2n) is 3.74. The fourth-order valence-electron chi connectivity index (χ4n) is 1.61. The third-order valence-electron chi connectivity index (χ3n) is 2.47. The van der Waals surface area contributed by atoms with Crippen molar-refractivity contribution in [3.8, 4) is 5.75 Å². The molecular weight excluding hydrogens is 222 g/mol. The summed E-state index contributed by atoms with van der Waals surface area (Å²) in [7, 11) is 0. The fourth-order valence-corrected chi connectivity index (χ4v) is 1.61. The summed E-state index contributed by atoms with van der Waals surface area (Å²) >= 11 is 0. The van der Waals surface area contributed by atoms with Crippen LogP contribution in [0, 0.1) is 6.92 Å². The number of phenols is 1. The molecule has 0 aromatic heterocycles. The lowest BCUT2D eigenvalue weighted by molar-refractivity contribution is 0.0684. The van der Waals surface area contributed by atoms with E-state index in [1.165, 1.54) is 23.1 Å². The standard InChI is InChI=1S/C12H17NO4/c1-9-8-10(16)2-3-11(9)12(17)13(4-6-14)5-7-15/h2-3,8,14-16H,4-7H2,1H3. The average Bonchev–Trinajstić information content (AvgIpc) is 2.28. The molecule has 0 saturated heterocycles. The van der Waals surface area contributed by atoms with Crippen molar-refractivity contribution >= 4 is 5.91 Å². The largest absolute Gasteiger partial charge is 0.508 e. The molecule has 5 heteroatoms. The van der Waals surface area contributed by atoms with Crippen molar-refractivity contribution in [2.24, 2.45) is 0 Å². The van der Waals surface area contributed by atoms with Crippen molar-refractivity contribution in [2.75, 3.05) is 26.3 Å². The topological polar surface area (TPSA) is 81.0 Å². The number of amides is 1. The van der Waals surface area contributed by atoms with Crippen LogP contribution in [-0.4, -0.2) is 52.4 Å². The molecule has 0 saturated carbocycles. The molecular formula is C12H17NO4. The number of aliphatic hydroxyl groups is 2. The molecule has 94 valence electrons. The van der Waals surface area contributed by atoms with Gasteiger partial charge in [-0.1, -0.05) is 0 Å². The van der Waals surface area contributed by atoms with Crippen LogP contribution in [0.4, 0.5) is 0 Å². The summed E-state index contributed by atoms with van der Waals surface area (Å²) in [6.45, 7) is 1.79. The number of aromatic hydroxyl groups is 1. The van der Waals surface area contributed by atoms with E-state index in [2.05, 4.69) is 0 Å². The molecule has 0 radical (unpaired) electrons. The smallest absolute Gasteiger partial charge is 0.254 e. The molecule has 0 fully saturated rings. The fraction of sp³-hybridized carbons (Fsp3) is 0.417. The molecule has 1 amide bonds. The van der Waals surface area contributed by atoms with E-state index in [1.54, 1.807) is 6.92 Å². The monoisotopic (exact) mass is 239 g/mol. The number of phenolic OH excluding ortho intramolecular Hbond substituents is 1. The highest BCUT2D eigenvalue weighted by Gasteiger charge is 2.16. The van der Waals surface area contributed by atoms with E-state index in [9.17, 15) is 9.90 Å². The van der Waals surface area contributed by atoms with Gasteiger partial charge in [0.05, 0.1) is 13.2 Å². The molecule has 1 aromatic rings. The third-order valence-corrected chi connectivity index (χ3v) is 2.47. The predicted molar refractivity (Wildman–Crippen MR) is 62.9 cm³/mol. The van der Waals surface area contributed by atoms with Gasteiger partial charge in [-0.25, -0.2) is 0 Å². The van der Waals surface area contributed by atoms with Crippen molar-refractivity contribution in [3.63, 3.8) is 0 Å². The first-order chi connectivity index (χ1) is 8.10. The van der Waals surface area contributed by atoms with Gasteiger partial charge in [-0.2, -0.15) is 0 Å². The summed E-state index contributed by atoms with van der Waals surface area (Å²) in [6.07, 6.45) is 0. The molecule has 0 bridgehead atoms. The first kappa shape index (κ1) is 13.5. The molecule has 1 aromatic carbocycles. The van der Waals surface area contributed by atoms with Gasteiger partial charge in [-0.05, 0) is 30.7 Å². The van der Waals surface area contributed by atoms with E-state index in [-0.39, 0.29) is 38.0 Å². The summed E-state index contributed by atoms with van der Waals surface area (Å²) in [4.78, 5) is 13.5. The van der Waals surface area contributed by atoms with Crippen LogP contribution in [0.25, 0.3) is 0 Å². The van der Waals surface area contributed by atoms with E-state index < -0.39 is 0 Å². The third kappa shape index (κ3) is 3.44. The Morgan fingerprint density at radius 3 is 2.29 bits per heavy atom. The summed E-state index contributed by atoms with van der Waals surface area (Å²) in [6, 6.07) is 4.48. The normalized spacial score (nSPS) is 10.3. The summed E-state index contributed by atoms with van der Waals surface area (Å²) in [5.74, 6) is -0.152. The van der Waals surface area contributed by atoms with E-state index >= 15 is 0 Å². The minimum Gasteiger partial charge on any atom is -0.508 e. The highest BCUT2D eigenvalue weighted by atomic mass is 16.3. The Labute approximate surface area is 99.9 Å². The number of aryl methyl sites for hydroxylation is 1. The van der Waals surface area contributed by atoms with Gasteiger partial charge in [0, 0.05) is 18.7 Å². The number of hydrogen-bond acceptors (Lipinski definition) is 4. The summed E-state index contributed by atoms with van der Waals surface area (Å²) < 4.78 is 0. The Bertz CT molecular complexity index is 386. The number of aliphatic hydroxyl groups excluding tert-OH is 2. The van der Waals surface area contributed by atoms with Gasteiger partial charge in [0.15, 0.2) is 0 Å². The van der Waals surface area contributed by atoms with Gasteiger partial charge in [-0.15, -0.1) is 0 Å². The number of carbonyl (C=O) groups excluding carboxylic acids is 1. The second-order valence-corrected chi connectivity index (χ2v) is 3.74. The second kappa shape index (κ2) is 6.22. The molecule has 1 rings (SSSR count). The van der Waals surface area contributed by atoms with Crippen LogP contribution >= 0.6 is 0 Å². The molecule has 0 unspecified atom stereocenters.